The fourth-order valence-corrected chi connectivity index (χ4v) is 15.6. The van der Waals surface area contributed by atoms with E-state index < -0.39 is 32.0 Å². The highest BCUT2D eigenvalue weighted by Crippen LogP contribution is 2.58. The lowest BCUT2D eigenvalue weighted by atomic mass is 9.94. The second-order valence-electron chi connectivity index (χ2n) is 20.5. The van der Waals surface area contributed by atoms with Crippen LogP contribution < -0.4 is 28.7 Å². The van der Waals surface area contributed by atoms with Gasteiger partial charge in [-0.05, 0) is 151 Å². The Bertz CT molecular complexity index is 2950. The summed E-state index contributed by atoms with van der Waals surface area (Å²) in [6.07, 6.45) is 6.69. The monoisotopic (exact) mass is 1180 g/mol. The first-order valence-electron chi connectivity index (χ1n) is 26.8. The van der Waals surface area contributed by atoms with Crippen molar-refractivity contribution in [3.63, 3.8) is 0 Å². The molecule has 0 aliphatic carbocycles. The average Bonchev–Trinajstić information content (AvgIpc) is 3.55. The van der Waals surface area contributed by atoms with Crippen LogP contribution in [0.5, 0.6) is 23.0 Å². The molecule has 4 aromatic carbocycles. The number of sulfonamides is 2. The third kappa shape index (κ3) is 13.7. The maximum atomic E-state index is 14.5. The Labute approximate surface area is 478 Å². The highest BCUT2D eigenvalue weighted by atomic mass is 32.2. The van der Waals surface area contributed by atoms with Crippen LogP contribution in [-0.4, -0.2) is 167 Å². The van der Waals surface area contributed by atoms with Crippen LogP contribution in [0.1, 0.15) is 65.2 Å². The van der Waals surface area contributed by atoms with Gasteiger partial charge >= 0.3 is 23.9 Å². The first kappa shape index (κ1) is 60.5. The molecular formula is C56H72N6O14S4. The Morgan fingerprint density at radius 2 is 0.925 bits per heavy atom. The Kier molecular flexibility index (Phi) is 20.1. The molecule has 0 N–H and O–H groups in total. The fourth-order valence-electron chi connectivity index (χ4n) is 10.5. The van der Waals surface area contributed by atoms with Gasteiger partial charge < -0.3 is 48.0 Å². The van der Waals surface area contributed by atoms with Crippen LogP contribution in [0.4, 0.5) is 22.7 Å². The van der Waals surface area contributed by atoms with Crippen LogP contribution in [0.25, 0.3) is 0 Å². The molecule has 0 aromatic heterocycles. The topological polar surface area (TPSA) is 211 Å². The molecule has 0 radical (unpaired) electrons. The van der Waals surface area contributed by atoms with Gasteiger partial charge in [-0.15, -0.1) is 0 Å². The van der Waals surface area contributed by atoms with Gasteiger partial charge in [0.1, 0.15) is 11.4 Å². The molecule has 8 rings (SSSR count). The predicted molar refractivity (Wildman–Crippen MR) is 304 cm³/mol. The summed E-state index contributed by atoms with van der Waals surface area (Å²) < 4.78 is 92.0. The molecule has 4 heterocycles. The van der Waals surface area contributed by atoms with Crippen molar-refractivity contribution in [1.82, 2.24) is 18.4 Å². The van der Waals surface area contributed by atoms with Crippen LogP contribution in [-0.2, 0) is 48.7 Å². The number of benzene rings is 4. The number of nitrogens with zero attached hydrogens (tertiary/aromatic N) is 6. The first-order valence-corrected chi connectivity index (χ1v) is 31.3. The number of methoxy groups -OCH3 is 2. The predicted octanol–water partition coefficient (Wildman–Crippen LogP) is 8.03. The minimum Gasteiger partial charge on any atom is -0.493 e. The summed E-state index contributed by atoms with van der Waals surface area (Å²) in [6, 6.07) is 16.8. The number of carbonyl (C=O) groups is 4. The van der Waals surface area contributed by atoms with Gasteiger partial charge in [0.15, 0.2) is 23.0 Å². The Hall–Kier alpha value is -5.60. The molecule has 80 heavy (non-hydrogen) atoms. The number of piperidine rings is 2. The number of hydrogen-bond acceptors (Lipinski definition) is 20. The van der Waals surface area contributed by atoms with Crippen LogP contribution in [0.15, 0.2) is 90.0 Å². The Morgan fingerprint density at radius 1 is 0.550 bits per heavy atom. The van der Waals surface area contributed by atoms with Gasteiger partial charge in [-0.2, -0.15) is 0 Å². The molecule has 20 nitrogen and oxygen atoms in total. The molecule has 2 saturated heterocycles. The van der Waals surface area contributed by atoms with Crippen LogP contribution in [0, 0.1) is 11.8 Å². The summed E-state index contributed by atoms with van der Waals surface area (Å²) in [5.41, 5.74) is 1.91. The summed E-state index contributed by atoms with van der Waals surface area (Å²) in [5.74, 6) is -2.31. The van der Waals surface area contributed by atoms with Gasteiger partial charge in [-0.3, -0.25) is 9.59 Å². The fraction of sp³-hybridized carbons (Fsp3) is 0.500. The van der Waals surface area contributed by atoms with E-state index in [0.717, 1.165) is 73.3 Å². The van der Waals surface area contributed by atoms with Crippen molar-refractivity contribution in [3.8, 4) is 23.0 Å². The van der Waals surface area contributed by atoms with E-state index in [4.69, 9.17) is 28.4 Å². The van der Waals surface area contributed by atoms with E-state index >= 15 is 0 Å². The standard InChI is InChI=1S/C56H72N6O14S4/c1-37(63)73-35-25-39-21-31-59(32-22-39)27-11-29-61-41-13-9-15-47(79(67,68)57(3)4)53(41)77-45-19-17-43(71-7)51(49(45)61)75-55(65)56(66)76-52-44(72-8)18-20-46-50(52)62(42-14-10-16-48(54(42)78-46)80(69,70)58(5)6)30-12-28-60-33-23-40(24-34-60)26-36-74-38(2)64/h9-10,13-20,39-40H,11-12,21-36H2,1-8H3. The minimum absolute atomic E-state index is 0.0733. The van der Waals surface area contributed by atoms with E-state index in [1.54, 1.807) is 48.5 Å². The number of fused-ring (bicyclic) bond motifs is 4. The van der Waals surface area contributed by atoms with Gasteiger partial charge in [0.25, 0.3) is 0 Å². The van der Waals surface area contributed by atoms with E-state index in [-0.39, 0.29) is 44.7 Å². The summed E-state index contributed by atoms with van der Waals surface area (Å²) in [4.78, 5) is 62.5. The van der Waals surface area contributed by atoms with Gasteiger partial charge in [0, 0.05) is 64.9 Å². The third-order valence-corrected chi connectivity index (χ3v) is 21.2. The van der Waals surface area contributed by atoms with Gasteiger partial charge in [0.05, 0.1) is 58.4 Å². The third-order valence-electron chi connectivity index (χ3n) is 14.9. The molecule has 24 heteroatoms. The minimum atomic E-state index is -3.92. The van der Waals surface area contributed by atoms with Gasteiger partial charge in [-0.25, -0.2) is 35.0 Å². The molecule has 4 aliphatic rings. The molecule has 0 amide bonds. The molecular weight excluding hydrogens is 1110 g/mol. The van der Waals surface area contributed by atoms with Crippen LogP contribution in [0.2, 0.25) is 0 Å². The molecule has 434 valence electrons. The number of likely N-dealkylation sites (tertiary alicyclic amines) is 2. The second kappa shape index (κ2) is 26.5. The number of esters is 4. The highest BCUT2D eigenvalue weighted by Gasteiger charge is 2.39. The first-order chi connectivity index (χ1) is 38.2. The number of carbonyl (C=O) groups excluding carboxylic acids is 4. The van der Waals surface area contributed by atoms with E-state index in [2.05, 4.69) is 9.80 Å². The molecule has 0 bridgehead atoms. The zero-order valence-corrected chi connectivity index (χ0v) is 50.0. The average molecular weight is 1180 g/mol. The van der Waals surface area contributed by atoms with Crippen molar-refractivity contribution in [2.75, 3.05) is 118 Å². The van der Waals surface area contributed by atoms with E-state index in [1.807, 2.05) is 21.9 Å². The van der Waals surface area contributed by atoms with Crippen molar-refractivity contribution < 1.29 is 64.4 Å². The SMILES string of the molecule is COc1ccc2c(c1OC(=O)C(=O)Oc1c(OC)ccc3c1N(CCCN1CCC(CCOC(C)=O)CC1)c1cccc(S(=O)(=O)N(C)C)c1S3)N(CCCN1CCC(CCOC(C)=O)CC1)c1cccc(S(=O)(=O)N(C)C)c1S2. The molecule has 4 aliphatic heterocycles. The second-order valence-corrected chi connectivity index (χ2v) is 26.8. The maximum Gasteiger partial charge on any atom is 0.423 e. The molecule has 0 unspecified atom stereocenters. The molecule has 0 atom stereocenters. The van der Waals surface area contributed by atoms with Crippen molar-refractivity contribution in [3.05, 3.63) is 60.7 Å². The van der Waals surface area contributed by atoms with Crippen molar-refractivity contribution >= 4 is 90.2 Å². The Morgan fingerprint density at radius 3 is 1.26 bits per heavy atom. The number of rotatable bonds is 22. The lowest BCUT2D eigenvalue weighted by Gasteiger charge is -2.37. The van der Waals surface area contributed by atoms with Gasteiger partial charge in [-0.1, -0.05) is 35.7 Å². The quantitative estimate of drug-likeness (QED) is 0.0414. The van der Waals surface area contributed by atoms with E-state index in [9.17, 15) is 36.0 Å². The van der Waals surface area contributed by atoms with Crippen molar-refractivity contribution in [2.45, 2.75) is 94.6 Å². The smallest absolute Gasteiger partial charge is 0.423 e. The molecule has 4 aromatic rings. The highest BCUT2D eigenvalue weighted by molar-refractivity contribution is 8.01. The van der Waals surface area contributed by atoms with Crippen molar-refractivity contribution in [1.29, 1.82) is 0 Å². The summed E-state index contributed by atoms with van der Waals surface area (Å²) in [5, 5.41) is 0. The van der Waals surface area contributed by atoms with E-state index in [0.29, 0.717) is 106 Å². The van der Waals surface area contributed by atoms with Crippen LogP contribution in [0.3, 0.4) is 0 Å². The lowest BCUT2D eigenvalue weighted by Crippen LogP contribution is -2.36. The zero-order chi connectivity index (χ0) is 57.5. The molecule has 0 spiro atoms. The van der Waals surface area contributed by atoms with Crippen molar-refractivity contribution in [2.24, 2.45) is 11.8 Å². The molecule has 2 fully saturated rings. The van der Waals surface area contributed by atoms with Crippen LogP contribution >= 0.6 is 23.5 Å². The van der Waals surface area contributed by atoms with Gasteiger partial charge in [0.2, 0.25) is 20.0 Å². The number of anilines is 4. The van der Waals surface area contributed by atoms with E-state index in [1.165, 1.54) is 79.8 Å². The zero-order valence-electron chi connectivity index (χ0n) is 46.7. The molecule has 0 saturated carbocycles. The normalized spacial score (nSPS) is 16.1. The summed E-state index contributed by atoms with van der Waals surface area (Å²) >= 11 is 2.40. The largest absolute Gasteiger partial charge is 0.493 e. The maximum absolute atomic E-state index is 14.5. The number of hydrogen-bond donors (Lipinski definition) is 0. The number of ether oxygens (including phenoxy) is 6. The summed E-state index contributed by atoms with van der Waals surface area (Å²) in [7, 11) is 0.892. The Balaban J connectivity index is 1.08. The summed E-state index contributed by atoms with van der Waals surface area (Å²) in [6.45, 7) is 9.19. The lowest BCUT2D eigenvalue weighted by molar-refractivity contribution is -0.156.